The molecule has 0 saturated carbocycles. The summed E-state index contributed by atoms with van der Waals surface area (Å²) in [6.45, 7) is 5.01. The van der Waals surface area contributed by atoms with Crippen molar-refractivity contribution in [3.05, 3.63) is 16.4 Å². The third-order valence-electron chi connectivity index (χ3n) is 2.70. The zero-order chi connectivity index (χ0) is 12.7. The predicted molar refractivity (Wildman–Crippen MR) is 70.9 cm³/mol. The van der Waals surface area contributed by atoms with Crippen LogP contribution < -0.4 is 4.74 Å². The van der Waals surface area contributed by atoms with E-state index in [2.05, 4.69) is 24.0 Å². The van der Waals surface area contributed by atoms with Crippen LogP contribution >= 0.6 is 23.2 Å². The largest absolute Gasteiger partial charge is 0.490 e. The van der Waals surface area contributed by atoms with Crippen LogP contribution in [0, 0.1) is 5.92 Å². The standard InChI is InChI=1S/C12H18Cl2N2O/c1-3-5-6-9(4-2)8-17-10-7-11(13)15-16-12(10)14/h7,9H,3-6,8H2,1-2H3. The summed E-state index contributed by atoms with van der Waals surface area (Å²) in [5.41, 5.74) is 0. The Morgan fingerprint density at radius 2 is 2.06 bits per heavy atom. The van der Waals surface area contributed by atoms with Crippen LogP contribution in [0.3, 0.4) is 0 Å². The van der Waals surface area contributed by atoms with E-state index in [0.717, 1.165) is 6.42 Å². The summed E-state index contributed by atoms with van der Waals surface area (Å²) >= 11 is 11.6. The van der Waals surface area contributed by atoms with Crippen LogP contribution in [-0.4, -0.2) is 16.8 Å². The lowest BCUT2D eigenvalue weighted by Crippen LogP contribution is -2.11. The van der Waals surface area contributed by atoms with Gasteiger partial charge in [-0.05, 0) is 12.3 Å². The van der Waals surface area contributed by atoms with Gasteiger partial charge in [-0.2, -0.15) is 0 Å². The Morgan fingerprint density at radius 1 is 1.29 bits per heavy atom. The van der Waals surface area contributed by atoms with Crippen molar-refractivity contribution in [3.8, 4) is 5.75 Å². The number of nitrogens with zero attached hydrogens (tertiary/aromatic N) is 2. The molecule has 0 aliphatic carbocycles. The highest BCUT2D eigenvalue weighted by Gasteiger charge is 2.10. The van der Waals surface area contributed by atoms with Crippen LogP contribution in [0.4, 0.5) is 0 Å². The maximum Gasteiger partial charge on any atom is 0.193 e. The molecule has 0 aromatic carbocycles. The van der Waals surface area contributed by atoms with Gasteiger partial charge >= 0.3 is 0 Å². The van der Waals surface area contributed by atoms with Gasteiger partial charge in [-0.15, -0.1) is 10.2 Å². The zero-order valence-corrected chi connectivity index (χ0v) is 11.8. The van der Waals surface area contributed by atoms with Crippen molar-refractivity contribution >= 4 is 23.2 Å². The summed E-state index contributed by atoms with van der Waals surface area (Å²) < 4.78 is 5.65. The molecule has 0 bridgehead atoms. The molecule has 0 radical (unpaired) electrons. The molecule has 0 amide bonds. The van der Waals surface area contributed by atoms with E-state index < -0.39 is 0 Å². The van der Waals surface area contributed by atoms with Crippen LogP contribution in [0.2, 0.25) is 10.3 Å². The number of hydrogen-bond donors (Lipinski definition) is 0. The van der Waals surface area contributed by atoms with Crippen molar-refractivity contribution in [1.29, 1.82) is 0 Å². The molecule has 0 fully saturated rings. The van der Waals surface area contributed by atoms with Gasteiger partial charge in [0.05, 0.1) is 6.61 Å². The van der Waals surface area contributed by atoms with Gasteiger partial charge in [-0.25, -0.2) is 0 Å². The average Bonchev–Trinajstić information content (AvgIpc) is 2.33. The lowest BCUT2D eigenvalue weighted by atomic mass is 10.0. The molecular formula is C12H18Cl2N2O. The fourth-order valence-corrected chi connectivity index (χ4v) is 1.83. The normalized spacial score (nSPS) is 12.5. The lowest BCUT2D eigenvalue weighted by Gasteiger charge is -2.15. The topological polar surface area (TPSA) is 35.0 Å². The van der Waals surface area contributed by atoms with Gasteiger partial charge in [0.1, 0.15) is 0 Å². The number of ether oxygens (including phenoxy) is 1. The smallest absolute Gasteiger partial charge is 0.193 e. The molecule has 0 spiro atoms. The molecule has 96 valence electrons. The minimum absolute atomic E-state index is 0.264. The molecule has 3 nitrogen and oxygen atoms in total. The van der Waals surface area contributed by atoms with Crippen LogP contribution in [0.15, 0.2) is 6.07 Å². The van der Waals surface area contributed by atoms with Crippen molar-refractivity contribution in [1.82, 2.24) is 10.2 Å². The number of hydrogen-bond acceptors (Lipinski definition) is 3. The van der Waals surface area contributed by atoms with Gasteiger partial charge in [-0.3, -0.25) is 0 Å². The molecule has 1 aromatic heterocycles. The number of halogens is 2. The van der Waals surface area contributed by atoms with Crippen molar-refractivity contribution in [2.45, 2.75) is 39.5 Å². The van der Waals surface area contributed by atoms with E-state index in [1.54, 1.807) is 6.07 Å². The fraction of sp³-hybridized carbons (Fsp3) is 0.667. The molecule has 0 aliphatic heterocycles. The third kappa shape index (κ3) is 5.09. The minimum Gasteiger partial charge on any atom is -0.490 e. The molecule has 0 N–H and O–H groups in total. The molecule has 5 heteroatoms. The maximum atomic E-state index is 5.87. The van der Waals surface area contributed by atoms with Crippen LogP contribution in [0.1, 0.15) is 39.5 Å². The maximum absolute atomic E-state index is 5.87. The fourth-order valence-electron chi connectivity index (χ4n) is 1.54. The van der Waals surface area contributed by atoms with Gasteiger partial charge in [0, 0.05) is 6.07 Å². The van der Waals surface area contributed by atoms with Crippen molar-refractivity contribution in [2.24, 2.45) is 5.92 Å². The SMILES string of the molecule is CCCCC(CC)COc1cc(Cl)nnc1Cl. The van der Waals surface area contributed by atoms with Crippen LogP contribution in [0.25, 0.3) is 0 Å². The van der Waals surface area contributed by atoms with E-state index in [4.69, 9.17) is 27.9 Å². The monoisotopic (exact) mass is 276 g/mol. The Kier molecular flexibility index (Phi) is 6.60. The quantitative estimate of drug-likeness (QED) is 0.741. The van der Waals surface area contributed by atoms with Crippen molar-refractivity contribution < 1.29 is 4.74 Å². The highest BCUT2D eigenvalue weighted by atomic mass is 35.5. The second-order valence-corrected chi connectivity index (χ2v) is 4.79. The van der Waals surface area contributed by atoms with Crippen LogP contribution in [0.5, 0.6) is 5.75 Å². The lowest BCUT2D eigenvalue weighted by molar-refractivity contribution is 0.232. The summed E-state index contributed by atoms with van der Waals surface area (Å²) in [7, 11) is 0. The summed E-state index contributed by atoms with van der Waals surface area (Å²) in [6.07, 6.45) is 4.71. The van der Waals surface area contributed by atoms with Gasteiger partial charge in [-0.1, -0.05) is 56.3 Å². The van der Waals surface area contributed by atoms with E-state index in [0.29, 0.717) is 23.4 Å². The molecule has 1 rings (SSSR count). The van der Waals surface area contributed by atoms with E-state index >= 15 is 0 Å². The van der Waals surface area contributed by atoms with Crippen LogP contribution in [-0.2, 0) is 0 Å². The van der Waals surface area contributed by atoms with E-state index in [1.165, 1.54) is 19.3 Å². The highest BCUT2D eigenvalue weighted by molar-refractivity contribution is 6.32. The summed E-state index contributed by atoms with van der Waals surface area (Å²) in [4.78, 5) is 0. The molecule has 1 heterocycles. The predicted octanol–water partition coefficient (Wildman–Crippen LogP) is 4.38. The molecule has 17 heavy (non-hydrogen) atoms. The van der Waals surface area contributed by atoms with E-state index in [-0.39, 0.29) is 5.15 Å². The molecule has 0 saturated heterocycles. The van der Waals surface area contributed by atoms with Gasteiger partial charge in [0.15, 0.2) is 16.1 Å². The minimum atomic E-state index is 0.264. The molecule has 1 unspecified atom stereocenters. The molecule has 1 aromatic rings. The number of unbranched alkanes of at least 4 members (excludes halogenated alkanes) is 1. The molecular weight excluding hydrogens is 259 g/mol. The van der Waals surface area contributed by atoms with Crippen molar-refractivity contribution in [2.75, 3.05) is 6.61 Å². The Hall–Kier alpha value is -0.540. The average molecular weight is 277 g/mol. The van der Waals surface area contributed by atoms with E-state index in [9.17, 15) is 0 Å². The Bertz CT molecular complexity index is 347. The van der Waals surface area contributed by atoms with Gasteiger partial charge in [0.2, 0.25) is 0 Å². The summed E-state index contributed by atoms with van der Waals surface area (Å²) in [5.74, 6) is 1.07. The first kappa shape index (κ1) is 14.5. The zero-order valence-electron chi connectivity index (χ0n) is 10.2. The van der Waals surface area contributed by atoms with E-state index in [1.807, 2.05) is 0 Å². The number of rotatable bonds is 7. The first-order valence-electron chi connectivity index (χ1n) is 5.98. The summed E-state index contributed by atoms with van der Waals surface area (Å²) in [5, 5.41) is 7.90. The van der Waals surface area contributed by atoms with Crippen molar-refractivity contribution in [3.63, 3.8) is 0 Å². The molecule has 0 aliphatic rings. The Balaban J connectivity index is 2.50. The second kappa shape index (κ2) is 7.72. The number of aromatic nitrogens is 2. The Labute approximate surface area is 112 Å². The summed E-state index contributed by atoms with van der Waals surface area (Å²) in [6, 6.07) is 1.60. The van der Waals surface area contributed by atoms with Gasteiger partial charge < -0.3 is 4.74 Å². The Morgan fingerprint density at radius 3 is 2.71 bits per heavy atom. The second-order valence-electron chi connectivity index (χ2n) is 4.05. The third-order valence-corrected chi connectivity index (χ3v) is 3.15. The first-order valence-corrected chi connectivity index (χ1v) is 6.74. The van der Waals surface area contributed by atoms with Gasteiger partial charge in [0.25, 0.3) is 0 Å². The molecule has 1 atom stereocenters. The first-order chi connectivity index (χ1) is 8.17. The highest BCUT2D eigenvalue weighted by Crippen LogP contribution is 2.24.